The van der Waals surface area contributed by atoms with Crippen molar-refractivity contribution in [3.8, 4) is 0 Å². The Balaban J connectivity index is 2.25. The van der Waals surface area contributed by atoms with Crippen LogP contribution in [0.3, 0.4) is 0 Å². The van der Waals surface area contributed by atoms with Crippen LogP contribution in [0.15, 0.2) is 54.7 Å². The first-order chi connectivity index (χ1) is 8.77. The highest BCUT2D eigenvalue weighted by molar-refractivity contribution is 6.15. The maximum atomic E-state index is 13.7. The van der Waals surface area contributed by atoms with Crippen molar-refractivity contribution in [3.05, 3.63) is 71.8 Å². The third kappa shape index (κ3) is 1.61. The Morgan fingerprint density at radius 2 is 1.72 bits per heavy atom. The number of halogens is 1. The number of fused-ring (bicyclic) bond motifs is 1. The van der Waals surface area contributed by atoms with Crippen LogP contribution in [-0.2, 0) is 0 Å². The fraction of sp³-hybridized carbons (Fsp3) is 0. The fourth-order valence-corrected chi connectivity index (χ4v) is 2.08. The molecule has 18 heavy (non-hydrogen) atoms. The first-order valence-electron chi connectivity index (χ1n) is 5.63. The van der Waals surface area contributed by atoms with Gasteiger partial charge in [0.25, 0.3) is 0 Å². The lowest BCUT2D eigenvalue weighted by Crippen LogP contribution is -2.03. The maximum Gasteiger partial charge on any atom is 0.209 e. The Labute approximate surface area is 103 Å². The van der Waals surface area contributed by atoms with Crippen molar-refractivity contribution in [1.29, 1.82) is 0 Å². The monoisotopic (exact) mass is 239 g/mol. The molecule has 0 atom stereocenters. The zero-order valence-electron chi connectivity index (χ0n) is 9.48. The van der Waals surface area contributed by atoms with Gasteiger partial charge in [-0.2, -0.15) is 0 Å². The largest absolute Gasteiger partial charge is 0.359 e. The van der Waals surface area contributed by atoms with Crippen LogP contribution in [0, 0.1) is 5.82 Å². The number of carbonyl (C=O) groups excluding carboxylic acids is 1. The predicted molar refractivity (Wildman–Crippen MR) is 68.1 cm³/mol. The molecule has 3 aromatic rings. The van der Waals surface area contributed by atoms with E-state index in [-0.39, 0.29) is 11.6 Å². The van der Waals surface area contributed by atoms with Crippen molar-refractivity contribution >= 4 is 16.6 Å². The van der Waals surface area contributed by atoms with Crippen molar-refractivity contribution in [1.82, 2.24) is 4.98 Å². The molecular weight excluding hydrogens is 229 g/mol. The fourth-order valence-electron chi connectivity index (χ4n) is 2.08. The quantitative estimate of drug-likeness (QED) is 0.682. The average Bonchev–Trinajstić information content (AvgIpc) is 2.93. The number of carbonyl (C=O) groups is 1. The minimum atomic E-state index is -0.311. The van der Waals surface area contributed by atoms with Gasteiger partial charge in [-0.25, -0.2) is 4.39 Å². The SMILES string of the molecule is O=C(c1ccc[nH]1)c1ccc(F)c2ccccc12. The Hall–Kier alpha value is -2.42. The molecule has 1 N–H and O–H groups in total. The number of H-pyrrole nitrogens is 1. The minimum Gasteiger partial charge on any atom is -0.359 e. The second kappa shape index (κ2) is 4.11. The van der Waals surface area contributed by atoms with Crippen LogP contribution in [-0.4, -0.2) is 10.8 Å². The van der Waals surface area contributed by atoms with Crippen LogP contribution in [0.25, 0.3) is 10.8 Å². The van der Waals surface area contributed by atoms with Gasteiger partial charge >= 0.3 is 0 Å². The number of rotatable bonds is 2. The molecule has 2 nitrogen and oxygen atoms in total. The molecule has 1 heterocycles. The first kappa shape index (κ1) is 10.7. The van der Waals surface area contributed by atoms with Gasteiger partial charge < -0.3 is 4.98 Å². The van der Waals surface area contributed by atoms with Crippen molar-refractivity contribution in [2.24, 2.45) is 0 Å². The standard InChI is InChI=1S/C15H10FNO/c16-13-8-7-12(10-4-1-2-5-11(10)13)15(18)14-6-3-9-17-14/h1-9,17H. The van der Waals surface area contributed by atoms with Gasteiger partial charge in [0.15, 0.2) is 0 Å². The normalized spacial score (nSPS) is 10.7. The van der Waals surface area contributed by atoms with Crippen LogP contribution in [0.4, 0.5) is 4.39 Å². The summed E-state index contributed by atoms with van der Waals surface area (Å²) in [7, 11) is 0. The summed E-state index contributed by atoms with van der Waals surface area (Å²) in [6.07, 6.45) is 1.69. The van der Waals surface area contributed by atoms with Crippen molar-refractivity contribution in [2.75, 3.05) is 0 Å². The van der Waals surface area contributed by atoms with E-state index < -0.39 is 0 Å². The number of hydrogen-bond donors (Lipinski definition) is 1. The Kier molecular flexibility index (Phi) is 2.45. The average molecular weight is 239 g/mol. The van der Waals surface area contributed by atoms with E-state index in [0.717, 1.165) is 0 Å². The van der Waals surface area contributed by atoms with E-state index in [1.807, 2.05) is 0 Å². The third-order valence-corrected chi connectivity index (χ3v) is 2.96. The number of aromatic nitrogens is 1. The second-order valence-corrected chi connectivity index (χ2v) is 4.05. The molecule has 1 aromatic heterocycles. The van der Waals surface area contributed by atoms with E-state index in [4.69, 9.17) is 0 Å². The van der Waals surface area contributed by atoms with E-state index in [1.54, 1.807) is 42.6 Å². The zero-order valence-corrected chi connectivity index (χ0v) is 9.48. The molecule has 0 bridgehead atoms. The smallest absolute Gasteiger partial charge is 0.209 e. The Bertz CT molecular complexity index is 716. The predicted octanol–water partition coefficient (Wildman–Crippen LogP) is 3.54. The highest BCUT2D eigenvalue weighted by Gasteiger charge is 2.14. The molecule has 2 aromatic carbocycles. The number of nitrogens with one attached hydrogen (secondary N) is 1. The van der Waals surface area contributed by atoms with Crippen molar-refractivity contribution in [2.45, 2.75) is 0 Å². The van der Waals surface area contributed by atoms with E-state index in [1.165, 1.54) is 12.1 Å². The molecule has 0 radical (unpaired) electrons. The first-order valence-corrected chi connectivity index (χ1v) is 5.63. The highest BCUT2D eigenvalue weighted by Crippen LogP contribution is 2.23. The van der Waals surface area contributed by atoms with Gasteiger partial charge in [0.2, 0.25) is 5.78 Å². The molecule has 0 unspecified atom stereocenters. The summed E-state index contributed by atoms with van der Waals surface area (Å²) >= 11 is 0. The molecule has 0 fully saturated rings. The van der Waals surface area contributed by atoms with Crippen LogP contribution >= 0.6 is 0 Å². The van der Waals surface area contributed by atoms with Gasteiger partial charge in [0.1, 0.15) is 5.82 Å². The van der Waals surface area contributed by atoms with E-state index >= 15 is 0 Å². The van der Waals surface area contributed by atoms with Gasteiger partial charge in [-0.05, 0) is 29.7 Å². The van der Waals surface area contributed by atoms with Crippen molar-refractivity contribution < 1.29 is 9.18 Å². The Morgan fingerprint density at radius 1 is 0.944 bits per heavy atom. The van der Waals surface area contributed by atoms with Crippen LogP contribution in [0.2, 0.25) is 0 Å². The summed E-state index contributed by atoms with van der Waals surface area (Å²) in [5.74, 6) is -0.440. The lowest BCUT2D eigenvalue weighted by atomic mass is 9.99. The molecule has 0 aliphatic carbocycles. The summed E-state index contributed by atoms with van der Waals surface area (Å²) in [6, 6.07) is 13.3. The minimum absolute atomic E-state index is 0.129. The summed E-state index contributed by atoms with van der Waals surface area (Å²) in [5, 5.41) is 1.10. The van der Waals surface area contributed by atoms with Crippen LogP contribution < -0.4 is 0 Å². The molecule has 88 valence electrons. The molecule has 0 aliphatic heterocycles. The molecule has 3 heteroatoms. The molecule has 0 spiro atoms. The molecule has 0 saturated carbocycles. The number of aromatic amines is 1. The Morgan fingerprint density at radius 3 is 2.44 bits per heavy atom. The topological polar surface area (TPSA) is 32.9 Å². The number of hydrogen-bond acceptors (Lipinski definition) is 1. The van der Waals surface area contributed by atoms with Gasteiger partial charge in [-0.1, -0.05) is 24.3 Å². The van der Waals surface area contributed by atoms with Crippen LogP contribution in [0.1, 0.15) is 16.1 Å². The molecule has 3 rings (SSSR count). The lowest BCUT2D eigenvalue weighted by molar-refractivity contribution is 0.103. The zero-order chi connectivity index (χ0) is 12.5. The number of ketones is 1. The summed E-state index contributed by atoms with van der Waals surface area (Å²) in [6.45, 7) is 0. The van der Waals surface area contributed by atoms with Crippen LogP contribution in [0.5, 0.6) is 0 Å². The van der Waals surface area contributed by atoms with E-state index in [0.29, 0.717) is 22.0 Å². The number of benzene rings is 2. The highest BCUT2D eigenvalue weighted by atomic mass is 19.1. The van der Waals surface area contributed by atoms with Gasteiger partial charge in [-0.3, -0.25) is 4.79 Å². The second-order valence-electron chi connectivity index (χ2n) is 4.05. The summed E-state index contributed by atoms with van der Waals surface area (Å²) in [5.41, 5.74) is 1.02. The molecular formula is C15H10FNO. The summed E-state index contributed by atoms with van der Waals surface area (Å²) in [4.78, 5) is 15.2. The van der Waals surface area contributed by atoms with Gasteiger partial charge in [-0.15, -0.1) is 0 Å². The van der Waals surface area contributed by atoms with E-state index in [2.05, 4.69) is 4.98 Å². The molecule has 0 saturated heterocycles. The van der Waals surface area contributed by atoms with Gasteiger partial charge in [0.05, 0.1) is 5.69 Å². The molecule has 0 amide bonds. The summed E-state index contributed by atoms with van der Waals surface area (Å²) < 4.78 is 13.7. The van der Waals surface area contributed by atoms with E-state index in [9.17, 15) is 9.18 Å². The lowest BCUT2D eigenvalue weighted by Gasteiger charge is -2.05. The maximum absolute atomic E-state index is 13.7. The molecule has 0 aliphatic rings. The van der Waals surface area contributed by atoms with Gasteiger partial charge in [0, 0.05) is 17.1 Å². The van der Waals surface area contributed by atoms with Crippen molar-refractivity contribution in [3.63, 3.8) is 0 Å². The third-order valence-electron chi connectivity index (χ3n) is 2.96.